The van der Waals surface area contributed by atoms with Crippen molar-refractivity contribution >= 4 is 23.4 Å². The van der Waals surface area contributed by atoms with Crippen molar-refractivity contribution in [1.82, 2.24) is 5.32 Å². The standard InChI is InChI=1S/C15H14N2O3S/c1-21-14-7-5-11(6-8-14)10-16-15(18)12-3-2-4-13(9-12)17(19)20/h2-9H,10H2,1H3,(H,16,18). The van der Waals surface area contributed by atoms with E-state index >= 15 is 0 Å². The Bertz CT molecular complexity index is 656. The molecule has 5 nitrogen and oxygen atoms in total. The highest BCUT2D eigenvalue weighted by molar-refractivity contribution is 7.98. The molecular formula is C15H14N2O3S. The molecule has 1 amide bonds. The van der Waals surface area contributed by atoms with Gasteiger partial charge in [0.25, 0.3) is 11.6 Å². The fourth-order valence-corrected chi connectivity index (χ4v) is 2.20. The van der Waals surface area contributed by atoms with Crippen molar-refractivity contribution < 1.29 is 9.72 Å². The van der Waals surface area contributed by atoms with Gasteiger partial charge in [-0.1, -0.05) is 18.2 Å². The molecule has 0 saturated heterocycles. The van der Waals surface area contributed by atoms with Crippen molar-refractivity contribution in [2.24, 2.45) is 0 Å². The van der Waals surface area contributed by atoms with Crippen LogP contribution >= 0.6 is 11.8 Å². The molecule has 0 bridgehead atoms. The Kier molecular flexibility index (Phi) is 4.94. The predicted molar refractivity (Wildman–Crippen MR) is 82.5 cm³/mol. The highest BCUT2D eigenvalue weighted by Gasteiger charge is 2.11. The zero-order chi connectivity index (χ0) is 15.2. The molecule has 2 rings (SSSR count). The Balaban J connectivity index is 2.00. The average Bonchev–Trinajstić information content (AvgIpc) is 2.53. The Hall–Kier alpha value is -2.34. The zero-order valence-corrected chi connectivity index (χ0v) is 12.2. The molecule has 0 radical (unpaired) electrons. The number of hydrogen-bond donors (Lipinski definition) is 1. The molecule has 0 fully saturated rings. The summed E-state index contributed by atoms with van der Waals surface area (Å²) < 4.78 is 0. The molecule has 0 aliphatic carbocycles. The van der Waals surface area contributed by atoms with Crippen LogP contribution in [0.25, 0.3) is 0 Å². The van der Waals surface area contributed by atoms with Gasteiger partial charge in [-0.25, -0.2) is 0 Å². The van der Waals surface area contributed by atoms with E-state index in [0.29, 0.717) is 6.54 Å². The number of nitrogens with one attached hydrogen (secondary N) is 1. The van der Waals surface area contributed by atoms with Crippen LogP contribution in [0.3, 0.4) is 0 Å². The Labute approximate surface area is 126 Å². The van der Waals surface area contributed by atoms with Crippen molar-refractivity contribution in [3.8, 4) is 0 Å². The number of nitro groups is 1. The van der Waals surface area contributed by atoms with Crippen LogP contribution in [0.4, 0.5) is 5.69 Å². The van der Waals surface area contributed by atoms with Crippen LogP contribution in [0.5, 0.6) is 0 Å². The van der Waals surface area contributed by atoms with Gasteiger partial charge in [-0.15, -0.1) is 11.8 Å². The molecule has 108 valence electrons. The van der Waals surface area contributed by atoms with E-state index < -0.39 is 4.92 Å². The number of hydrogen-bond acceptors (Lipinski definition) is 4. The summed E-state index contributed by atoms with van der Waals surface area (Å²) in [7, 11) is 0. The zero-order valence-electron chi connectivity index (χ0n) is 11.4. The van der Waals surface area contributed by atoms with Gasteiger partial charge in [0.1, 0.15) is 0 Å². The third kappa shape index (κ3) is 4.06. The third-order valence-electron chi connectivity index (χ3n) is 2.93. The lowest BCUT2D eigenvalue weighted by Crippen LogP contribution is -2.22. The molecule has 1 N–H and O–H groups in total. The third-order valence-corrected chi connectivity index (χ3v) is 3.67. The van der Waals surface area contributed by atoms with E-state index in [0.717, 1.165) is 10.5 Å². The topological polar surface area (TPSA) is 72.2 Å². The molecule has 2 aromatic rings. The lowest BCUT2D eigenvalue weighted by atomic mass is 10.1. The molecule has 0 aromatic heterocycles. The lowest BCUT2D eigenvalue weighted by Gasteiger charge is -2.06. The summed E-state index contributed by atoms with van der Waals surface area (Å²) in [4.78, 5) is 23.3. The molecule has 0 unspecified atom stereocenters. The molecule has 0 atom stereocenters. The van der Waals surface area contributed by atoms with E-state index in [4.69, 9.17) is 0 Å². The summed E-state index contributed by atoms with van der Waals surface area (Å²) in [5.74, 6) is -0.326. The van der Waals surface area contributed by atoms with Crippen LogP contribution in [-0.4, -0.2) is 17.1 Å². The van der Waals surface area contributed by atoms with Crippen molar-refractivity contribution in [2.75, 3.05) is 6.26 Å². The minimum absolute atomic E-state index is 0.0908. The second kappa shape index (κ2) is 6.90. The molecule has 0 aliphatic rings. The molecule has 0 heterocycles. The maximum absolute atomic E-state index is 12.0. The second-order valence-electron chi connectivity index (χ2n) is 4.34. The minimum atomic E-state index is -0.516. The van der Waals surface area contributed by atoms with Crippen LogP contribution in [0, 0.1) is 10.1 Å². The largest absolute Gasteiger partial charge is 0.348 e. The van der Waals surface area contributed by atoms with Gasteiger partial charge in [0.15, 0.2) is 0 Å². The fraction of sp³-hybridized carbons (Fsp3) is 0.133. The van der Waals surface area contributed by atoms with Gasteiger partial charge >= 0.3 is 0 Å². The first kappa shape index (κ1) is 15.1. The van der Waals surface area contributed by atoms with Crippen molar-refractivity contribution in [3.05, 3.63) is 69.8 Å². The van der Waals surface area contributed by atoms with E-state index in [1.54, 1.807) is 17.8 Å². The van der Waals surface area contributed by atoms with Crippen LogP contribution in [-0.2, 0) is 6.54 Å². The van der Waals surface area contributed by atoms with Gasteiger partial charge in [0, 0.05) is 29.1 Å². The van der Waals surface area contributed by atoms with Crippen molar-refractivity contribution in [3.63, 3.8) is 0 Å². The first-order valence-electron chi connectivity index (χ1n) is 6.26. The van der Waals surface area contributed by atoms with Crippen LogP contribution in [0.2, 0.25) is 0 Å². The van der Waals surface area contributed by atoms with Gasteiger partial charge < -0.3 is 5.32 Å². The number of carbonyl (C=O) groups is 1. The summed E-state index contributed by atoms with van der Waals surface area (Å²) >= 11 is 1.65. The first-order chi connectivity index (χ1) is 10.1. The lowest BCUT2D eigenvalue weighted by molar-refractivity contribution is -0.384. The van der Waals surface area contributed by atoms with Gasteiger partial charge in [-0.05, 0) is 30.0 Å². The Morgan fingerprint density at radius 3 is 2.57 bits per heavy atom. The molecular weight excluding hydrogens is 288 g/mol. The van der Waals surface area contributed by atoms with Crippen LogP contribution in [0.15, 0.2) is 53.4 Å². The van der Waals surface area contributed by atoms with E-state index in [1.165, 1.54) is 18.2 Å². The number of rotatable bonds is 5. The highest BCUT2D eigenvalue weighted by atomic mass is 32.2. The Morgan fingerprint density at radius 2 is 1.95 bits per heavy atom. The molecule has 0 aliphatic heterocycles. The Morgan fingerprint density at radius 1 is 1.24 bits per heavy atom. The van der Waals surface area contributed by atoms with E-state index in [9.17, 15) is 14.9 Å². The van der Waals surface area contributed by atoms with E-state index in [1.807, 2.05) is 30.5 Å². The monoisotopic (exact) mass is 302 g/mol. The summed E-state index contributed by atoms with van der Waals surface area (Å²) in [5, 5.41) is 13.4. The summed E-state index contributed by atoms with van der Waals surface area (Å²) in [6.07, 6.45) is 2.00. The SMILES string of the molecule is CSc1ccc(CNC(=O)c2cccc([N+](=O)[O-])c2)cc1. The first-order valence-corrected chi connectivity index (χ1v) is 7.48. The highest BCUT2D eigenvalue weighted by Crippen LogP contribution is 2.15. The van der Waals surface area contributed by atoms with Crippen molar-refractivity contribution in [1.29, 1.82) is 0 Å². The van der Waals surface area contributed by atoms with Gasteiger partial charge in [-0.2, -0.15) is 0 Å². The maximum Gasteiger partial charge on any atom is 0.270 e. The quantitative estimate of drug-likeness (QED) is 0.523. The summed E-state index contributed by atoms with van der Waals surface area (Å²) in [6, 6.07) is 13.5. The maximum atomic E-state index is 12.0. The number of benzene rings is 2. The number of amides is 1. The number of non-ortho nitro benzene ring substituents is 1. The summed E-state index contributed by atoms with van der Waals surface area (Å²) in [6.45, 7) is 0.385. The molecule has 0 saturated carbocycles. The fourth-order valence-electron chi connectivity index (χ4n) is 1.79. The summed E-state index contributed by atoms with van der Waals surface area (Å²) in [5.41, 5.74) is 1.17. The molecule has 6 heteroatoms. The molecule has 21 heavy (non-hydrogen) atoms. The smallest absolute Gasteiger partial charge is 0.270 e. The number of nitro benzene ring substituents is 1. The number of nitrogens with zero attached hydrogens (tertiary/aromatic N) is 1. The van der Waals surface area contributed by atoms with E-state index in [-0.39, 0.29) is 17.2 Å². The number of thioether (sulfide) groups is 1. The van der Waals surface area contributed by atoms with Crippen molar-refractivity contribution in [2.45, 2.75) is 11.4 Å². The molecule has 0 spiro atoms. The molecule has 2 aromatic carbocycles. The second-order valence-corrected chi connectivity index (χ2v) is 5.22. The predicted octanol–water partition coefficient (Wildman–Crippen LogP) is 3.25. The number of carbonyl (C=O) groups excluding carboxylic acids is 1. The van der Waals surface area contributed by atoms with Crippen LogP contribution in [0.1, 0.15) is 15.9 Å². The van der Waals surface area contributed by atoms with E-state index in [2.05, 4.69) is 5.32 Å². The van der Waals surface area contributed by atoms with Crippen LogP contribution < -0.4 is 5.32 Å². The average molecular weight is 302 g/mol. The minimum Gasteiger partial charge on any atom is -0.348 e. The van der Waals surface area contributed by atoms with Gasteiger partial charge in [0.05, 0.1) is 4.92 Å². The van der Waals surface area contributed by atoms with Gasteiger partial charge in [0.2, 0.25) is 0 Å². The van der Waals surface area contributed by atoms with Gasteiger partial charge in [-0.3, -0.25) is 14.9 Å². The normalized spacial score (nSPS) is 10.1.